The van der Waals surface area contributed by atoms with Crippen molar-refractivity contribution in [2.45, 2.75) is 18.9 Å². The van der Waals surface area contributed by atoms with Gasteiger partial charge < -0.3 is 10.5 Å². The first-order valence-electron chi connectivity index (χ1n) is 5.27. The quantitative estimate of drug-likeness (QED) is 0.815. The summed E-state index contributed by atoms with van der Waals surface area (Å²) in [6.45, 7) is 0.679. The topological polar surface area (TPSA) is 70.1 Å². The molecule has 86 valence electrons. The average molecular weight is 221 g/mol. The Morgan fingerprint density at radius 2 is 2.50 bits per heavy atom. The molecule has 1 aromatic rings. The van der Waals surface area contributed by atoms with Gasteiger partial charge in [0.15, 0.2) is 5.78 Å². The second-order valence-electron chi connectivity index (χ2n) is 3.91. The molecular formula is C11H15N3O2. The highest BCUT2D eigenvalue weighted by molar-refractivity contribution is 5.99. The number of rotatable bonds is 3. The van der Waals surface area contributed by atoms with Crippen LogP contribution in [0.3, 0.4) is 0 Å². The smallest absolute Gasteiger partial charge is 0.183 e. The van der Waals surface area contributed by atoms with Crippen LogP contribution in [0.4, 0.5) is 0 Å². The van der Waals surface area contributed by atoms with Crippen molar-refractivity contribution in [3.05, 3.63) is 29.8 Å². The SMILES string of the molecule is Cn1cc(C(N)C(=O)C2=COCCC2)cn1. The number of hydrogen-bond donors (Lipinski definition) is 1. The zero-order valence-corrected chi connectivity index (χ0v) is 9.22. The molecule has 0 aromatic carbocycles. The third-order valence-corrected chi connectivity index (χ3v) is 2.62. The lowest BCUT2D eigenvalue weighted by Crippen LogP contribution is -2.24. The summed E-state index contributed by atoms with van der Waals surface area (Å²) in [4.78, 5) is 12.0. The van der Waals surface area contributed by atoms with Crippen molar-refractivity contribution in [1.29, 1.82) is 0 Å². The normalized spacial score (nSPS) is 17.5. The number of ketones is 1. The summed E-state index contributed by atoms with van der Waals surface area (Å²) in [6.07, 6.45) is 6.52. The average Bonchev–Trinajstić information content (AvgIpc) is 2.75. The fraction of sp³-hybridized carbons (Fsp3) is 0.455. The van der Waals surface area contributed by atoms with Crippen LogP contribution in [0.25, 0.3) is 0 Å². The minimum atomic E-state index is -0.637. The molecular weight excluding hydrogens is 206 g/mol. The van der Waals surface area contributed by atoms with E-state index in [2.05, 4.69) is 5.10 Å². The fourth-order valence-electron chi connectivity index (χ4n) is 1.70. The highest BCUT2D eigenvalue weighted by Crippen LogP contribution is 2.20. The lowest BCUT2D eigenvalue weighted by Gasteiger charge is -2.15. The Morgan fingerprint density at radius 1 is 1.69 bits per heavy atom. The van der Waals surface area contributed by atoms with Crippen LogP contribution in [0.5, 0.6) is 0 Å². The van der Waals surface area contributed by atoms with Gasteiger partial charge in [0, 0.05) is 24.4 Å². The van der Waals surface area contributed by atoms with Gasteiger partial charge in [-0.2, -0.15) is 5.10 Å². The maximum atomic E-state index is 12.0. The van der Waals surface area contributed by atoms with Crippen molar-refractivity contribution in [1.82, 2.24) is 9.78 Å². The molecule has 5 heteroatoms. The van der Waals surface area contributed by atoms with E-state index in [4.69, 9.17) is 10.5 Å². The van der Waals surface area contributed by atoms with Gasteiger partial charge in [-0.05, 0) is 12.8 Å². The molecule has 0 amide bonds. The number of carbonyl (C=O) groups is 1. The van der Waals surface area contributed by atoms with Crippen molar-refractivity contribution in [2.24, 2.45) is 12.8 Å². The second kappa shape index (κ2) is 4.49. The molecule has 2 rings (SSSR count). The van der Waals surface area contributed by atoms with E-state index in [1.54, 1.807) is 24.1 Å². The van der Waals surface area contributed by atoms with E-state index < -0.39 is 6.04 Å². The molecule has 2 heterocycles. The molecule has 1 atom stereocenters. The van der Waals surface area contributed by atoms with E-state index >= 15 is 0 Å². The number of ether oxygens (including phenoxy) is 1. The van der Waals surface area contributed by atoms with Gasteiger partial charge in [0.25, 0.3) is 0 Å². The van der Waals surface area contributed by atoms with E-state index in [0.717, 1.165) is 18.4 Å². The molecule has 0 aliphatic carbocycles. The zero-order chi connectivity index (χ0) is 11.5. The van der Waals surface area contributed by atoms with Crippen LogP contribution in [0.15, 0.2) is 24.2 Å². The molecule has 1 aromatic heterocycles. The van der Waals surface area contributed by atoms with E-state index in [0.29, 0.717) is 12.2 Å². The predicted octanol–water partition coefficient (Wildman–Crippen LogP) is 0.683. The van der Waals surface area contributed by atoms with Gasteiger partial charge >= 0.3 is 0 Å². The molecule has 16 heavy (non-hydrogen) atoms. The monoisotopic (exact) mass is 221 g/mol. The van der Waals surface area contributed by atoms with Gasteiger partial charge in [-0.1, -0.05) is 0 Å². The molecule has 0 radical (unpaired) electrons. The third kappa shape index (κ3) is 2.14. The van der Waals surface area contributed by atoms with Crippen LogP contribution in [-0.2, 0) is 16.6 Å². The predicted molar refractivity (Wildman–Crippen MR) is 58.4 cm³/mol. The van der Waals surface area contributed by atoms with E-state index in [9.17, 15) is 4.79 Å². The maximum absolute atomic E-state index is 12.0. The van der Waals surface area contributed by atoms with Crippen LogP contribution < -0.4 is 5.73 Å². The largest absolute Gasteiger partial charge is 0.501 e. The zero-order valence-electron chi connectivity index (χ0n) is 9.22. The van der Waals surface area contributed by atoms with Crippen LogP contribution in [0.1, 0.15) is 24.4 Å². The Labute approximate surface area is 93.9 Å². The Hall–Kier alpha value is -1.62. The second-order valence-corrected chi connectivity index (χ2v) is 3.91. The molecule has 0 bridgehead atoms. The van der Waals surface area contributed by atoms with Crippen molar-refractivity contribution in [3.63, 3.8) is 0 Å². The van der Waals surface area contributed by atoms with Crippen molar-refractivity contribution < 1.29 is 9.53 Å². The Morgan fingerprint density at radius 3 is 3.06 bits per heavy atom. The highest BCUT2D eigenvalue weighted by Gasteiger charge is 2.22. The summed E-state index contributed by atoms with van der Waals surface area (Å²) in [6, 6.07) is -0.637. The fourth-order valence-corrected chi connectivity index (χ4v) is 1.70. The van der Waals surface area contributed by atoms with Crippen LogP contribution >= 0.6 is 0 Å². The minimum absolute atomic E-state index is 0.0762. The Balaban J connectivity index is 2.12. The molecule has 5 nitrogen and oxygen atoms in total. The molecule has 0 saturated heterocycles. The highest BCUT2D eigenvalue weighted by atomic mass is 16.5. The molecule has 0 saturated carbocycles. The standard InChI is InChI=1S/C11H15N3O2/c1-14-6-9(5-13-14)10(12)11(15)8-3-2-4-16-7-8/h5-7,10H,2-4,12H2,1H3. The number of hydrogen-bond acceptors (Lipinski definition) is 4. The van der Waals surface area contributed by atoms with E-state index in [1.807, 2.05) is 0 Å². The van der Waals surface area contributed by atoms with Gasteiger partial charge in [-0.3, -0.25) is 9.48 Å². The lowest BCUT2D eigenvalue weighted by atomic mass is 9.97. The first kappa shape index (κ1) is 10.9. The number of aromatic nitrogens is 2. The summed E-state index contributed by atoms with van der Waals surface area (Å²) in [7, 11) is 1.80. The van der Waals surface area contributed by atoms with Crippen LogP contribution in [0.2, 0.25) is 0 Å². The number of nitrogens with zero attached hydrogens (tertiary/aromatic N) is 2. The van der Waals surface area contributed by atoms with Crippen LogP contribution in [0, 0.1) is 0 Å². The first-order valence-corrected chi connectivity index (χ1v) is 5.27. The van der Waals surface area contributed by atoms with Gasteiger partial charge in [0.05, 0.1) is 25.1 Å². The van der Waals surface area contributed by atoms with Crippen LogP contribution in [-0.4, -0.2) is 22.2 Å². The Kier molecular flexibility index (Phi) is 3.05. The van der Waals surface area contributed by atoms with Crippen molar-refractivity contribution >= 4 is 5.78 Å². The molecule has 0 fully saturated rings. The molecule has 1 aliphatic heterocycles. The number of nitrogens with two attached hydrogens (primary N) is 1. The lowest BCUT2D eigenvalue weighted by molar-refractivity contribution is -0.117. The van der Waals surface area contributed by atoms with Gasteiger partial charge in [0.1, 0.15) is 0 Å². The number of aryl methyl sites for hydroxylation is 1. The van der Waals surface area contributed by atoms with E-state index in [-0.39, 0.29) is 5.78 Å². The summed E-state index contributed by atoms with van der Waals surface area (Å²) in [5.41, 5.74) is 7.29. The Bertz CT molecular complexity index is 423. The number of Topliss-reactive ketones (excluding diaryl/α,β-unsaturated/α-hetero) is 1. The van der Waals surface area contributed by atoms with E-state index in [1.165, 1.54) is 6.26 Å². The summed E-state index contributed by atoms with van der Waals surface area (Å²) < 4.78 is 6.77. The third-order valence-electron chi connectivity index (χ3n) is 2.62. The summed E-state index contributed by atoms with van der Waals surface area (Å²) in [5.74, 6) is -0.0762. The molecule has 0 spiro atoms. The minimum Gasteiger partial charge on any atom is -0.501 e. The first-order chi connectivity index (χ1) is 7.68. The van der Waals surface area contributed by atoms with Gasteiger partial charge in [0.2, 0.25) is 0 Å². The summed E-state index contributed by atoms with van der Waals surface area (Å²) in [5, 5.41) is 4.00. The van der Waals surface area contributed by atoms with Crippen molar-refractivity contribution in [3.8, 4) is 0 Å². The molecule has 1 unspecified atom stereocenters. The van der Waals surface area contributed by atoms with Crippen molar-refractivity contribution in [2.75, 3.05) is 6.61 Å². The van der Waals surface area contributed by atoms with Gasteiger partial charge in [-0.15, -0.1) is 0 Å². The molecule has 1 aliphatic rings. The summed E-state index contributed by atoms with van der Waals surface area (Å²) >= 11 is 0. The molecule has 2 N–H and O–H groups in total. The van der Waals surface area contributed by atoms with Gasteiger partial charge in [-0.25, -0.2) is 0 Å². The maximum Gasteiger partial charge on any atom is 0.183 e. The number of carbonyl (C=O) groups excluding carboxylic acids is 1.